The third-order valence-electron chi connectivity index (χ3n) is 8.20. The predicted octanol–water partition coefficient (Wildman–Crippen LogP) is 6.68. The first-order valence-electron chi connectivity index (χ1n) is 14.6. The van der Waals surface area contributed by atoms with E-state index in [0.29, 0.717) is 18.7 Å². The minimum atomic E-state index is -0.0990. The summed E-state index contributed by atoms with van der Waals surface area (Å²) in [6.45, 7) is 4.34. The molecule has 41 heavy (non-hydrogen) atoms. The highest BCUT2D eigenvalue weighted by molar-refractivity contribution is 7.99. The lowest BCUT2D eigenvalue weighted by Crippen LogP contribution is -2.35. The summed E-state index contributed by atoms with van der Waals surface area (Å²) in [6.07, 6.45) is 5.46. The number of amides is 1. The number of thioether (sulfide) groups is 1. The van der Waals surface area contributed by atoms with Crippen molar-refractivity contribution in [1.29, 1.82) is 0 Å². The summed E-state index contributed by atoms with van der Waals surface area (Å²) in [6, 6.07) is 31.0. The molecule has 0 bridgehead atoms. The number of carbonyl (C=O) groups excluding carboxylic acids is 1. The monoisotopic (exact) mass is 563 g/mol. The molecule has 1 fully saturated rings. The van der Waals surface area contributed by atoms with Crippen LogP contribution in [-0.2, 0) is 19.6 Å². The molecule has 0 saturated carbocycles. The third kappa shape index (κ3) is 7.00. The average molecular weight is 564 g/mol. The Balaban J connectivity index is 1.11. The number of nitrogens with one attached hydrogen (secondary N) is 1. The fourth-order valence-corrected chi connectivity index (χ4v) is 7.26. The Hall–Kier alpha value is -3.61. The quantitative estimate of drug-likeness (QED) is 0.246. The van der Waals surface area contributed by atoms with Gasteiger partial charge in [0, 0.05) is 29.6 Å². The van der Waals surface area contributed by atoms with Gasteiger partial charge in [0.15, 0.2) is 0 Å². The van der Waals surface area contributed by atoms with Crippen LogP contribution in [0.15, 0.2) is 97.2 Å². The molecule has 2 aliphatic rings. The number of nitrogens with zero attached hydrogens (tertiary/aromatic N) is 2. The number of rotatable bonds is 9. The number of pyridine rings is 1. The fourth-order valence-electron chi connectivity index (χ4n) is 5.89. The van der Waals surface area contributed by atoms with Crippen molar-refractivity contribution < 1.29 is 9.53 Å². The van der Waals surface area contributed by atoms with E-state index in [0.717, 1.165) is 35.2 Å². The molecule has 3 heterocycles. The average Bonchev–Trinajstić information content (AvgIpc) is 3.18. The molecule has 0 radical (unpaired) electrons. The van der Waals surface area contributed by atoms with Crippen LogP contribution < -0.4 is 10.1 Å². The smallest absolute Gasteiger partial charge is 0.251 e. The van der Waals surface area contributed by atoms with Gasteiger partial charge in [0.25, 0.3) is 5.91 Å². The second-order valence-electron chi connectivity index (χ2n) is 11.0. The van der Waals surface area contributed by atoms with Crippen LogP contribution in [0.5, 0.6) is 5.75 Å². The van der Waals surface area contributed by atoms with E-state index >= 15 is 0 Å². The van der Waals surface area contributed by atoms with Crippen molar-refractivity contribution in [1.82, 2.24) is 15.2 Å². The summed E-state index contributed by atoms with van der Waals surface area (Å²) in [4.78, 5) is 20.0. The van der Waals surface area contributed by atoms with Gasteiger partial charge in [-0.15, -0.1) is 11.8 Å². The maximum Gasteiger partial charge on any atom is 0.251 e. The van der Waals surface area contributed by atoms with Crippen molar-refractivity contribution in [2.24, 2.45) is 5.92 Å². The normalized spacial score (nSPS) is 17.1. The van der Waals surface area contributed by atoms with Gasteiger partial charge in [-0.1, -0.05) is 60.7 Å². The number of carbonyl (C=O) groups is 1. The Morgan fingerprint density at radius 2 is 1.73 bits per heavy atom. The molecule has 1 saturated heterocycles. The van der Waals surface area contributed by atoms with Gasteiger partial charge in [0.2, 0.25) is 0 Å². The highest BCUT2D eigenvalue weighted by Crippen LogP contribution is 2.44. The van der Waals surface area contributed by atoms with Gasteiger partial charge in [-0.25, -0.2) is 0 Å². The summed E-state index contributed by atoms with van der Waals surface area (Å²) >= 11 is 1.96. The molecule has 6 rings (SSSR count). The lowest BCUT2D eigenvalue weighted by molar-refractivity contribution is 0.0950. The van der Waals surface area contributed by atoms with Crippen LogP contribution in [0.4, 0.5) is 0 Å². The number of hydrogen-bond acceptors (Lipinski definition) is 5. The van der Waals surface area contributed by atoms with E-state index in [1.807, 2.05) is 48.2 Å². The number of ether oxygens (including phenoxy) is 1. The molecule has 0 aliphatic carbocycles. The maximum absolute atomic E-state index is 13.1. The molecule has 3 aromatic carbocycles. The zero-order valence-corrected chi connectivity index (χ0v) is 24.2. The van der Waals surface area contributed by atoms with E-state index in [1.165, 1.54) is 49.0 Å². The predicted molar refractivity (Wildman–Crippen MR) is 166 cm³/mol. The fraction of sp³-hybridized carbons (Fsp3) is 0.314. The van der Waals surface area contributed by atoms with Crippen molar-refractivity contribution in [3.8, 4) is 5.75 Å². The van der Waals surface area contributed by atoms with E-state index in [2.05, 4.69) is 69.8 Å². The number of piperidine rings is 1. The molecule has 2 aliphatic heterocycles. The highest BCUT2D eigenvalue weighted by Gasteiger charge is 2.27. The Kier molecular flexibility index (Phi) is 8.98. The maximum atomic E-state index is 13.1. The SMILES string of the molecule is O=C(NCc1ccccn1)c1ccc2c(c1)C(SCCN1CCC(Cc3ccccc3)CC1)c1ccccc1CO2. The number of likely N-dealkylation sites (tertiary alicyclic amines) is 1. The first-order valence-corrected chi connectivity index (χ1v) is 15.7. The second-order valence-corrected chi connectivity index (χ2v) is 12.2. The second kappa shape index (κ2) is 13.4. The first-order chi connectivity index (χ1) is 20.2. The molecular weight excluding hydrogens is 526 g/mol. The molecule has 6 heteroatoms. The van der Waals surface area contributed by atoms with Gasteiger partial charge in [0.1, 0.15) is 12.4 Å². The van der Waals surface area contributed by atoms with Crippen LogP contribution >= 0.6 is 11.8 Å². The third-order valence-corrected chi connectivity index (χ3v) is 9.46. The van der Waals surface area contributed by atoms with Gasteiger partial charge < -0.3 is 15.0 Å². The summed E-state index contributed by atoms with van der Waals surface area (Å²) in [5.41, 5.74) is 6.51. The summed E-state index contributed by atoms with van der Waals surface area (Å²) in [7, 11) is 0. The molecule has 1 amide bonds. The van der Waals surface area contributed by atoms with E-state index in [1.54, 1.807) is 6.20 Å². The zero-order chi connectivity index (χ0) is 27.9. The zero-order valence-electron chi connectivity index (χ0n) is 23.4. The van der Waals surface area contributed by atoms with E-state index in [4.69, 9.17) is 4.74 Å². The van der Waals surface area contributed by atoms with Crippen molar-refractivity contribution in [3.63, 3.8) is 0 Å². The molecule has 0 spiro atoms. The number of hydrogen-bond donors (Lipinski definition) is 1. The molecule has 1 N–H and O–H groups in total. The van der Waals surface area contributed by atoms with Crippen molar-refractivity contribution in [3.05, 3.63) is 131 Å². The minimum absolute atomic E-state index is 0.0990. The molecule has 1 aromatic heterocycles. The molecule has 4 aromatic rings. The van der Waals surface area contributed by atoms with Gasteiger partial charge in [-0.2, -0.15) is 0 Å². The lowest BCUT2D eigenvalue weighted by atomic mass is 9.90. The van der Waals surface area contributed by atoms with Gasteiger partial charge >= 0.3 is 0 Å². The van der Waals surface area contributed by atoms with Gasteiger partial charge in [0.05, 0.1) is 17.5 Å². The van der Waals surface area contributed by atoms with E-state index in [-0.39, 0.29) is 11.2 Å². The first kappa shape index (κ1) is 27.6. The lowest BCUT2D eigenvalue weighted by Gasteiger charge is -2.32. The van der Waals surface area contributed by atoms with Crippen LogP contribution in [-0.4, -0.2) is 41.2 Å². The van der Waals surface area contributed by atoms with Crippen molar-refractivity contribution >= 4 is 17.7 Å². The summed E-state index contributed by atoms with van der Waals surface area (Å²) < 4.78 is 6.26. The van der Waals surface area contributed by atoms with Crippen LogP contribution in [0.3, 0.4) is 0 Å². The molecule has 5 nitrogen and oxygen atoms in total. The summed E-state index contributed by atoms with van der Waals surface area (Å²) in [5.74, 6) is 2.57. The molecule has 1 unspecified atom stereocenters. The van der Waals surface area contributed by atoms with Crippen molar-refractivity contribution in [2.45, 2.75) is 37.7 Å². The Morgan fingerprint density at radius 1 is 0.927 bits per heavy atom. The summed E-state index contributed by atoms with van der Waals surface area (Å²) in [5, 5.41) is 3.13. The molecule has 1 atom stereocenters. The van der Waals surface area contributed by atoms with E-state index in [9.17, 15) is 4.79 Å². The molecule has 210 valence electrons. The van der Waals surface area contributed by atoms with Gasteiger partial charge in [-0.3, -0.25) is 9.78 Å². The Labute approximate surface area is 247 Å². The van der Waals surface area contributed by atoms with Gasteiger partial charge in [-0.05, 0) is 85.3 Å². The van der Waals surface area contributed by atoms with Crippen LogP contribution in [0, 0.1) is 5.92 Å². The molecular formula is C35H37N3O2S. The number of aromatic nitrogens is 1. The minimum Gasteiger partial charge on any atom is -0.489 e. The van der Waals surface area contributed by atoms with Crippen LogP contribution in [0.2, 0.25) is 0 Å². The largest absolute Gasteiger partial charge is 0.489 e. The Bertz CT molecular complexity index is 1440. The number of fused-ring (bicyclic) bond motifs is 2. The van der Waals surface area contributed by atoms with Crippen LogP contribution in [0.25, 0.3) is 0 Å². The topological polar surface area (TPSA) is 54.5 Å². The highest BCUT2D eigenvalue weighted by atomic mass is 32.2. The number of benzene rings is 3. The van der Waals surface area contributed by atoms with Crippen LogP contribution in [0.1, 0.15) is 56.4 Å². The van der Waals surface area contributed by atoms with Crippen molar-refractivity contribution in [2.75, 3.05) is 25.4 Å². The van der Waals surface area contributed by atoms with E-state index < -0.39 is 0 Å². The standard InChI is InChI=1S/C35H37N3O2S/c39-35(37-24-30-11-6-7-17-36-30)28-13-14-33-32(23-28)34(31-12-5-4-10-29(31)25-40-33)41-21-20-38-18-15-27(16-19-38)22-26-8-2-1-3-9-26/h1-14,17,23,27,34H,15-16,18-22,24-25H2,(H,37,39). The Morgan fingerprint density at radius 3 is 2.56 bits per heavy atom.